The molecule has 122 valence electrons. The molecule has 1 aliphatic rings. The molecule has 0 fully saturated rings. The van der Waals surface area contributed by atoms with Gasteiger partial charge in [-0.2, -0.15) is 0 Å². The molecule has 0 aliphatic carbocycles. The maximum Gasteiger partial charge on any atom is 0.265 e. The van der Waals surface area contributed by atoms with Crippen LogP contribution in [0, 0.1) is 12.3 Å². The van der Waals surface area contributed by atoms with E-state index in [1.807, 2.05) is 6.92 Å². The molecule has 1 heterocycles. The number of carbonyl (C=O) groups is 1. The quantitative estimate of drug-likeness (QED) is 0.820. The van der Waals surface area contributed by atoms with Crippen molar-refractivity contribution in [3.63, 3.8) is 0 Å². The smallest absolute Gasteiger partial charge is 0.265 e. The van der Waals surface area contributed by atoms with E-state index in [4.69, 9.17) is 9.47 Å². The van der Waals surface area contributed by atoms with E-state index >= 15 is 0 Å². The van der Waals surface area contributed by atoms with Gasteiger partial charge in [-0.25, -0.2) is 5.43 Å². The van der Waals surface area contributed by atoms with Crippen LogP contribution in [0.4, 0.5) is 0 Å². The summed E-state index contributed by atoms with van der Waals surface area (Å²) in [6.07, 6.45) is 2.07. The molecule has 0 bridgehead atoms. The Balaban J connectivity index is 2.06. The highest BCUT2D eigenvalue weighted by Crippen LogP contribution is 2.36. The second-order valence-corrected chi connectivity index (χ2v) is 6.78. The molecule has 1 amide bonds. The predicted octanol–water partition coefficient (Wildman–Crippen LogP) is 3.17. The number of fused-ring (bicyclic) bond motifs is 1. The molecule has 0 radical (unpaired) electrons. The fourth-order valence-electron chi connectivity index (χ4n) is 2.59. The van der Waals surface area contributed by atoms with E-state index < -0.39 is 0 Å². The van der Waals surface area contributed by atoms with Crippen LogP contribution in [-0.2, 0) is 0 Å². The molecule has 0 saturated heterocycles. The third-order valence-corrected chi connectivity index (χ3v) is 4.01. The van der Waals surface area contributed by atoms with Gasteiger partial charge in [-0.1, -0.05) is 34.1 Å². The van der Waals surface area contributed by atoms with E-state index in [1.54, 1.807) is 12.1 Å². The van der Waals surface area contributed by atoms with Gasteiger partial charge in [0.2, 0.25) is 6.79 Å². The number of amides is 1. The van der Waals surface area contributed by atoms with Gasteiger partial charge in [-0.15, -0.1) is 0 Å². The highest BCUT2D eigenvalue weighted by atomic mass is 16.7. The zero-order valence-electron chi connectivity index (χ0n) is 14.1. The molecule has 1 unspecified atom stereocenters. The van der Waals surface area contributed by atoms with Crippen LogP contribution in [-0.4, -0.2) is 18.7 Å². The van der Waals surface area contributed by atoms with Gasteiger partial charge in [0, 0.05) is 17.2 Å². The largest absolute Gasteiger partial charge is 0.454 e. The number of benzene rings is 1. The molecule has 2 N–H and O–H groups in total. The average Bonchev–Trinajstić information content (AvgIpc) is 2.91. The zero-order chi connectivity index (χ0) is 16.3. The predicted molar refractivity (Wildman–Crippen MR) is 86.1 cm³/mol. The number of carbonyl (C=O) groups excluding carboxylic acids is 1. The molecule has 1 aliphatic heterocycles. The van der Waals surface area contributed by atoms with Crippen molar-refractivity contribution in [1.29, 1.82) is 0 Å². The summed E-state index contributed by atoms with van der Waals surface area (Å²) < 4.78 is 10.7. The van der Waals surface area contributed by atoms with Crippen LogP contribution in [0.5, 0.6) is 11.5 Å². The van der Waals surface area contributed by atoms with Gasteiger partial charge < -0.3 is 9.47 Å². The lowest BCUT2D eigenvalue weighted by Crippen LogP contribution is -2.50. The summed E-state index contributed by atoms with van der Waals surface area (Å²) in [4.78, 5) is 12.4. The highest BCUT2D eigenvalue weighted by molar-refractivity contribution is 5.96. The second kappa shape index (κ2) is 6.57. The van der Waals surface area contributed by atoms with Gasteiger partial charge in [0.05, 0.1) is 0 Å². The van der Waals surface area contributed by atoms with Crippen molar-refractivity contribution in [3.8, 4) is 11.5 Å². The average molecular weight is 306 g/mol. The van der Waals surface area contributed by atoms with Crippen LogP contribution in [0.1, 0.15) is 56.5 Å². The maximum atomic E-state index is 12.4. The first-order valence-corrected chi connectivity index (χ1v) is 7.79. The van der Waals surface area contributed by atoms with Crippen LogP contribution in [0.25, 0.3) is 0 Å². The molecule has 5 heteroatoms. The summed E-state index contributed by atoms with van der Waals surface area (Å²) in [6.45, 7) is 10.7. The van der Waals surface area contributed by atoms with Gasteiger partial charge in [0.25, 0.3) is 5.91 Å². The number of hydrazine groups is 1. The zero-order valence-corrected chi connectivity index (χ0v) is 14.1. The number of hydrogen-bond acceptors (Lipinski definition) is 4. The first-order valence-electron chi connectivity index (χ1n) is 7.79. The van der Waals surface area contributed by atoms with Crippen molar-refractivity contribution in [2.75, 3.05) is 6.79 Å². The Morgan fingerprint density at radius 1 is 1.32 bits per heavy atom. The van der Waals surface area contributed by atoms with Gasteiger partial charge in [0.15, 0.2) is 11.5 Å². The molecule has 0 saturated carbocycles. The number of hydrogen-bond donors (Lipinski definition) is 2. The van der Waals surface area contributed by atoms with Gasteiger partial charge in [-0.3, -0.25) is 10.2 Å². The summed E-state index contributed by atoms with van der Waals surface area (Å²) in [5.41, 5.74) is 7.50. The Labute approximate surface area is 132 Å². The summed E-state index contributed by atoms with van der Waals surface area (Å²) in [5.74, 6) is 1.20. The SMILES string of the molecule is CCCC(NNC(=O)c1ccc2c(c1C)OCO2)C(C)(C)C. The van der Waals surface area contributed by atoms with E-state index in [2.05, 4.69) is 38.5 Å². The van der Waals surface area contributed by atoms with Crippen molar-refractivity contribution in [2.45, 2.75) is 53.5 Å². The lowest BCUT2D eigenvalue weighted by atomic mass is 9.84. The third-order valence-electron chi connectivity index (χ3n) is 4.01. The standard InChI is InChI=1S/C17H26N2O3/c1-6-7-14(17(3,4)5)18-19-16(20)12-8-9-13-15(11(12)2)22-10-21-13/h8-9,14,18H,6-7,10H2,1-5H3,(H,19,20). The normalized spacial score (nSPS) is 14.8. The number of nitrogens with one attached hydrogen (secondary N) is 2. The molecule has 22 heavy (non-hydrogen) atoms. The van der Waals surface area contributed by atoms with Crippen molar-refractivity contribution < 1.29 is 14.3 Å². The van der Waals surface area contributed by atoms with E-state index in [9.17, 15) is 4.79 Å². The lowest BCUT2D eigenvalue weighted by molar-refractivity contribution is 0.0903. The van der Waals surface area contributed by atoms with Crippen LogP contribution in [0.2, 0.25) is 0 Å². The van der Waals surface area contributed by atoms with Crippen molar-refractivity contribution >= 4 is 5.91 Å². The van der Waals surface area contributed by atoms with Crippen LogP contribution in [0.3, 0.4) is 0 Å². The minimum Gasteiger partial charge on any atom is -0.454 e. The van der Waals surface area contributed by atoms with Crippen LogP contribution >= 0.6 is 0 Å². The van der Waals surface area contributed by atoms with Crippen LogP contribution in [0.15, 0.2) is 12.1 Å². The fraction of sp³-hybridized carbons (Fsp3) is 0.588. The highest BCUT2D eigenvalue weighted by Gasteiger charge is 2.25. The van der Waals surface area contributed by atoms with Crippen LogP contribution < -0.4 is 20.3 Å². The van der Waals surface area contributed by atoms with E-state index in [1.165, 1.54) is 0 Å². The summed E-state index contributed by atoms with van der Waals surface area (Å²) in [6, 6.07) is 3.76. The van der Waals surface area contributed by atoms with Gasteiger partial charge in [0.1, 0.15) is 0 Å². The molecule has 5 nitrogen and oxygen atoms in total. The number of ether oxygens (including phenoxy) is 2. The topological polar surface area (TPSA) is 59.6 Å². The minimum absolute atomic E-state index is 0.0766. The number of rotatable bonds is 5. The summed E-state index contributed by atoms with van der Waals surface area (Å²) in [7, 11) is 0. The second-order valence-electron chi connectivity index (χ2n) is 6.78. The molecule has 0 spiro atoms. The van der Waals surface area contributed by atoms with Crippen molar-refractivity contribution in [2.24, 2.45) is 5.41 Å². The monoisotopic (exact) mass is 306 g/mol. The fourth-order valence-corrected chi connectivity index (χ4v) is 2.59. The Bertz CT molecular complexity index is 550. The molecular formula is C17H26N2O3. The first kappa shape index (κ1) is 16.6. The Hall–Kier alpha value is -1.75. The molecular weight excluding hydrogens is 280 g/mol. The van der Waals surface area contributed by atoms with Gasteiger partial charge in [-0.05, 0) is 30.9 Å². The minimum atomic E-state index is -0.152. The summed E-state index contributed by atoms with van der Waals surface area (Å²) >= 11 is 0. The summed E-state index contributed by atoms with van der Waals surface area (Å²) in [5, 5.41) is 0. The lowest BCUT2D eigenvalue weighted by Gasteiger charge is -2.31. The first-order chi connectivity index (χ1) is 10.3. The van der Waals surface area contributed by atoms with E-state index in [-0.39, 0.29) is 24.2 Å². The van der Waals surface area contributed by atoms with E-state index in [0.29, 0.717) is 17.1 Å². The van der Waals surface area contributed by atoms with Gasteiger partial charge >= 0.3 is 0 Å². The van der Waals surface area contributed by atoms with Crippen molar-refractivity contribution in [1.82, 2.24) is 10.9 Å². The Kier molecular flexibility index (Phi) is 4.96. The Morgan fingerprint density at radius 2 is 2.05 bits per heavy atom. The molecule has 2 rings (SSSR count). The Morgan fingerprint density at radius 3 is 2.68 bits per heavy atom. The van der Waals surface area contributed by atoms with Crippen molar-refractivity contribution in [3.05, 3.63) is 23.3 Å². The molecule has 1 aromatic carbocycles. The maximum absolute atomic E-state index is 12.4. The molecule has 0 aromatic heterocycles. The van der Waals surface area contributed by atoms with E-state index in [0.717, 1.165) is 18.4 Å². The molecule has 1 atom stereocenters. The molecule has 1 aromatic rings. The third kappa shape index (κ3) is 3.53.